The van der Waals surface area contributed by atoms with Gasteiger partial charge in [0.15, 0.2) is 0 Å². The number of amides is 1. The predicted molar refractivity (Wildman–Crippen MR) is 84.5 cm³/mol. The van der Waals surface area contributed by atoms with Crippen LogP contribution in [0.25, 0.3) is 0 Å². The van der Waals surface area contributed by atoms with Gasteiger partial charge in [-0.3, -0.25) is 4.79 Å². The molecule has 1 heterocycles. The van der Waals surface area contributed by atoms with Crippen molar-refractivity contribution in [3.63, 3.8) is 0 Å². The fraction of sp³-hybridized carbons (Fsp3) is 0.529. The SMILES string of the molecule is COCCCN1CC[C@@H](CNC(=O)c2cccc(C#N)c2)C1. The second kappa shape index (κ2) is 8.52. The van der Waals surface area contributed by atoms with Crippen LogP contribution in [0.15, 0.2) is 24.3 Å². The van der Waals surface area contributed by atoms with Crippen LogP contribution in [0.3, 0.4) is 0 Å². The van der Waals surface area contributed by atoms with Crippen LogP contribution in [-0.2, 0) is 4.74 Å². The topological polar surface area (TPSA) is 65.4 Å². The number of likely N-dealkylation sites (tertiary alicyclic amines) is 1. The van der Waals surface area contributed by atoms with Crippen LogP contribution in [-0.4, -0.2) is 50.7 Å². The van der Waals surface area contributed by atoms with Gasteiger partial charge in [0.1, 0.15) is 0 Å². The maximum absolute atomic E-state index is 12.1. The van der Waals surface area contributed by atoms with Crippen molar-refractivity contribution in [1.29, 1.82) is 5.26 Å². The third kappa shape index (κ3) is 4.83. The summed E-state index contributed by atoms with van der Waals surface area (Å²) < 4.78 is 5.07. The maximum atomic E-state index is 12.1. The Balaban J connectivity index is 1.74. The minimum Gasteiger partial charge on any atom is -0.385 e. The number of hydrogen-bond donors (Lipinski definition) is 1. The number of ether oxygens (including phenoxy) is 1. The second-order valence-corrected chi connectivity index (χ2v) is 5.70. The minimum atomic E-state index is -0.102. The molecule has 1 aliphatic heterocycles. The van der Waals surface area contributed by atoms with Gasteiger partial charge in [0, 0.05) is 38.9 Å². The Morgan fingerprint density at radius 1 is 1.55 bits per heavy atom. The van der Waals surface area contributed by atoms with E-state index in [0.29, 0.717) is 23.6 Å². The van der Waals surface area contributed by atoms with Gasteiger partial charge in [-0.15, -0.1) is 0 Å². The summed E-state index contributed by atoms with van der Waals surface area (Å²) in [7, 11) is 1.73. The maximum Gasteiger partial charge on any atom is 0.251 e. The lowest BCUT2D eigenvalue weighted by Gasteiger charge is -2.16. The van der Waals surface area contributed by atoms with Crippen LogP contribution in [0.2, 0.25) is 0 Å². The number of carbonyl (C=O) groups excluding carboxylic acids is 1. The van der Waals surface area contributed by atoms with E-state index in [0.717, 1.165) is 39.1 Å². The fourth-order valence-corrected chi connectivity index (χ4v) is 2.78. The molecule has 1 aliphatic rings. The largest absolute Gasteiger partial charge is 0.385 e. The fourth-order valence-electron chi connectivity index (χ4n) is 2.78. The zero-order chi connectivity index (χ0) is 15.8. The standard InChI is InChI=1S/C17H23N3O2/c1-22-9-3-7-20-8-6-15(13-20)12-19-17(21)16-5-2-4-14(10-16)11-18/h2,4-5,10,15H,3,6-9,12-13H2,1H3,(H,19,21)/t15-/m0/s1. The van der Waals surface area contributed by atoms with Gasteiger partial charge in [0.05, 0.1) is 11.6 Å². The Bertz CT molecular complexity index is 539. The van der Waals surface area contributed by atoms with Crippen LogP contribution < -0.4 is 5.32 Å². The number of hydrogen-bond acceptors (Lipinski definition) is 4. The van der Waals surface area contributed by atoms with Crippen LogP contribution in [0.4, 0.5) is 0 Å². The molecule has 0 saturated carbocycles. The van der Waals surface area contributed by atoms with E-state index in [1.54, 1.807) is 31.4 Å². The summed E-state index contributed by atoms with van der Waals surface area (Å²) >= 11 is 0. The molecule has 0 bridgehead atoms. The lowest BCUT2D eigenvalue weighted by molar-refractivity contribution is 0.0947. The predicted octanol–water partition coefficient (Wildman–Crippen LogP) is 1.65. The molecule has 0 radical (unpaired) electrons. The highest BCUT2D eigenvalue weighted by Crippen LogP contribution is 2.15. The molecular formula is C17H23N3O2. The number of rotatable bonds is 7. The highest BCUT2D eigenvalue weighted by atomic mass is 16.5. The average Bonchev–Trinajstić information content (AvgIpc) is 3.01. The number of carbonyl (C=O) groups is 1. The van der Waals surface area contributed by atoms with E-state index in [2.05, 4.69) is 16.3 Å². The van der Waals surface area contributed by atoms with E-state index >= 15 is 0 Å². The molecule has 5 heteroatoms. The van der Waals surface area contributed by atoms with Crippen molar-refractivity contribution in [3.8, 4) is 6.07 Å². The number of nitriles is 1. The summed E-state index contributed by atoms with van der Waals surface area (Å²) in [6.45, 7) is 4.67. The number of nitrogens with zero attached hydrogens (tertiary/aromatic N) is 2. The van der Waals surface area contributed by atoms with E-state index < -0.39 is 0 Å². The molecule has 0 spiro atoms. The Kier molecular flexibility index (Phi) is 6.38. The van der Waals surface area contributed by atoms with Crippen molar-refractivity contribution in [2.45, 2.75) is 12.8 Å². The molecule has 1 aromatic rings. The van der Waals surface area contributed by atoms with Crippen molar-refractivity contribution in [2.75, 3.05) is 39.9 Å². The number of methoxy groups -OCH3 is 1. The molecular weight excluding hydrogens is 278 g/mol. The normalized spacial score (nSPS) is 18.1. The Hall–Kier alpha value is -1.90. The van der Waals surface area contributed by atoms with E-state index in [9.17, 15) is 4.79 Å². The molecule has 0 aliphatic carbocycles. The van der Waals surface area contributed by atoms with Gasteiger partial charge < -0.3 is 15.0 Å². The van der Waals surface area contributed by atoms with E-state index in [-0.39, 0.29) is 5.91 Å². The second-order valence-electron chi connectivity index (χ2n) is 5.70. The molecule has 1 saturated heterocycles. The quantitative estimate of drug-likeness (QED) is 0.778. The van der Waals surface area contributed by atoms with Crippen molar-refractivity contribution in [1.82, 2.24) is 10.2 Å². The monoisotopic (exact) mass is 301 g/mol. The van der Waals surface area contributed by atoms with Crippen molar-refractivity contribution < 1.29 is 9.53 Å². The number of benzene rings is 1. The molecule has 2 rings (SSSR count). The highest BCUT2D eigenvalue weighted by molar-refractivity contribution is 5.94. The van der Waals surface area contributed by atoms with Crippen LogP contribution >= 0.6 is 0 Å². The summed E-state index contributed by atoms with van der Waals surface area (Å²) in [4.78, 5) is 14.5. The molecule has 1 amide bonds. The molecule has 0 aromatic heterocycles. The Labute approximate surface area is 131 Å². The van der Waals surface area contributed by atoms with Crippen LogP contribution in [0, 0.1) is 17.2 Å². The van der Waals surface area contributed by atoms with Gasteiger partial charge in [-0.1, -0.05) is 6.07 Å². The van der Waals surface area contributed by atoms with Crippen LogP contribution in [0.1, 0.15) is 28.8 Å². The first-order valence-corrected chi connectivity index (χ1v) is 7.72. The first kappa shape index (κ1) is 16.5. The summed E-state index contributed by atoms with van der Waals surface area (Å²) in [5, 5.41) is 11.8. The molecule has 0 unspecified atom stereocenters. The summed E-state index contributed by atoms with van der Waals surface area (Å²) in [5.74, 6) is 0.403. The van der Waals surface area contributed by atoms with Gasteiger partial charge in [-0.2, -0.15) is 5.26 Å². The zero-order valence-corrected chi connectivity index (χ0v) is 13.0. The van der Waals surface area contributed by atoms with E-state index in [1.807, 2.05) is 0 Å². The molecule has 22 heavy (non-hydrogen) atoms. The molecule has 1 N–H and O–H groups in total. The van der Waals surface area contributed by atoms with Gasteiger partial charge in [0.2, 0.25) is 0 Å². The first-order valence-electron chi connectivity index (χ1n) is 7.72. The van der Waals surface area contributed by atoms with E-state index in [4.69, 9.17) is 10.00 Å². The molecule has 1 aromatic carbocycles. The summed E-state index contributed by atoms with van der Waals surface area (Å²) in [6, 6.07) is 8.85. The first-order chi connectivity index (χ1) is 10.7. The highest BCUT2D eigenvalue weighted by Gasteiger charge is 2.22. The van der Waals surface area contributed by atoms with E-state index in [1.165, 1.54) is 0 Å². The Morgan fingerprint density at radius 2 is 2.41 bits per heavy atom. The van der Waals surface area contributed by atoms with Crippen LogP contribution in [0.5, 0.6) is 0 Å². The van der Waals surface area contributed by atoms with Crippen molar-refractivity contribution in [2.24, 2.45) is 5.92 Å². The number of nitrogens with one attached hydrogen (secondary N) is 1. The minimum absolute atomic E-state index is 0.102. The molecule has 118 valence electrons. The molecule has 5 nitrogen and oxygen atoms in total. The van der Waals surface area contributed by atoms with Crippen molar-refractivity contribution in [3.05, 3.63) is 35.4 Å². The summed E-state index contributed by atoms with van der Waals surface area (Å²) in [6.07, 6.45) is 2.17. The third-order valence-electron chi connectivity index (χ3n) is 4.00. The average molecular weight is 301 g/mol. The zero-order valence-electron chi connectivity index (χ0n) is 13.0. The third-order valence-corrected chi connectivity index (χ3v) is 4.00. The van der Waals surface area contributed by atoms with Crippen molar-refractivity contribution >= 4 is 5.91 Å². The van der Waals surface area contributed by atoms with Gasteiger partial charge in [0.25, 0.3) is 5.91 Å². The molecule has 1 atom stereocenters. The van der Waals surface area contributed by atoms with Gasteiger partial charge >= 0.3 is 0 Å². The molecule has 1 fully saturated rings. The lowest BCUT2D eigenvalue weighted by atomic mass is 10.1. The smallest absolute Gasteiger partial charge is 0.251 e. The Morgan fingerprint density at radius 3 is 3.18 bits per heavy atom. The van der Waals surface area contributed by atoms with Gasteiger partial charge in [-0.25, -0.2) is 0 Å². The van der Waals surface area contributed by atoms with Gasteiger partial charge in [-0.05, 0) is 43.5 Å². The lowest BCUT2D eigenvalue weighted by Crippen LogP contribution is -2.31. The summed E-state index contributed by atoms with van der Waals surface area (Å²) in [5.41, 5.74) is 1.06.